The van der Waals surface area contributed by atoms with Gasteiger partial charge in [0.1, 0.15) is 12.1 Å². The van der Waals surface area contributed by atoms with E-state index in [4.69, 9.17) is 9.47 Å². The number of carbonyl (C=O) groups excluding carboxylic acids is 1. The molecule has 1 aliphatic rings. The number of anilines is 1. The van der Waals surface area contributed by atoms with E-state index in [2.05, 4.69) is 10.3 Å². The summed E-state index contributed by atoms with van der Waals surface area (Å²) in [4.78, 5) is 16.6. The van der Waals surface area contributed by atoms with Crippen LogP contribution in [-0.4, -0.2) is 40.5 Å². The van der Waals surface area contributed by atoms with Gasteiger partial charge in [-0.2, -0.15) is 0 Å². The molecule has 2 N–H and O–H groups in total. The maximum Gasteiger partial charge on any atom is 0.235 e. The Bertz CT molecular complexity index is 1020. The first-order valence-corrected chi connectivity index (χ1v) is 9.65. The molecule has 2 heterocycles. The highest BCUT2D eigenvalue weighted by molar-refractivity contribution is 8.00. The fourth-order valence-electron chi connectivity index (χ4n) is 3.18. The van der Waals surface area contributed by atoms with Crippen LogP contribution in [0.4, 0.5) is 5.82 Å². The number of thioether (sulfide) groups is 1. The molecule has 3 aromatic rings. The first-order valence-electron chi connectivity index (χ1n) is 8.60. The number of phenols is 1. The van der Waals surface area contributed by atoms with E-state index in [0.717, 1.165) is 22.7 Å². The second kappa shape index (κ2) is 7.47. The van der Waals surface area contributed by atoms with Gasteiger partial charge < -0.3 is 19.9 Å². The van der Waals surface area contributed by atoms with Gasteiger partial charge in [-0.25, -0.2) is 4.98 Å². The van der Waals surface area contributed by atoms with Gasteiger partial charge in [0.15, 0.2) is 17.3 Å². The average molecular weight is 397 g/mol. The van der Waals surface area contributed by atoms with Crippen LogP contribution in [0.25, 0.3) is 5.69 Å². The molecule has 0 spiro atoms. The Kier molecular flexibility index (Phi) is 4.87. The van der Waals surface area contributed by atoms with Crippen LogP contribution in [0.5, 0.6) is 17.2 Å². The molecule has 0 radical (unpaired) electrons. The number of hydrogen-bond donors (Lipinski definition) is 2. The Morgan fingerprint density at radius 2 is 1.96 bits per heavy atom. The molecule has 4 rings (SSSR count). The Balaban J connectivity index is 1.83. The summed E-state index contributed by atoms with van der Waals surface area (Å²) in [6.45, 7) is 0. The number of hydrogen-bond acceptors (Lipinski definition) is 6. The summed E-state index contributed by atoms with van der Waals surface area (Å²) in [5.41, 5.74) is 2.59. The predicted molar refractivity (Wildman–Crippen MR) is 108 cm³/mol. The van der Waals surface area contributed by atoms with E-state index in [-0.39, 0.29) is 22.7 Å². The quantitative estimate of drug-likeness (QED) is 0.702. The molecule has 144 valence electrons. The van der Waals surface area contributed by atoms with Crippen molar-refractivity contribution in [2.45, 2.75) is 5.25 Å². The van der Waals surface area contributed by atoms with Crippen molar-refractivity contribution >= 4 is 23.5 Å². The van der Waals surface area contributed by atoms with Crippen molar-refractivity contribution in [1.29, 1.82) is 0 Å². The normalized spacial score (nSPS) is 16.1. The number of benzene rings is 2. The Labute approximate surface area is 166 Å². The lowest BCUT2D eigenvalue weighted by molar-refractivity contribution is -0.113. The van der Waals surface area contributed by atoms with Crippen molar-refractivity contribution in [2.24, 2.45) is 0 Å². The third kappa shape index (κ3) is 3.27. The summed E-state index contributed by atoms with van der Waals surface area (Å²) in [5.74, 6) is 1.92. The maximum absolute atomic E-state index is 12.2. The predicted octanol–water partition coefficient (Wildman–Crippen LogP) is 3.37. The lowest BCUT2D eigenvalue weighted by atomic mass is 10.1. The number of aromatic nitrogens is 2. The Morgan fingerprint density at radius 1 is 1.18 bits per heavy atom. The van der Waals surface area contributed by atoms with Gasteiger partial charge in [0, 0.05) is 5.69 Å². The topological polar surface area (TPSA) is 85.6 Å². The molecule has 1 aliphatic heterocycles. The van der Waals surface area contributed by atoms with Crippen LogP contribution in [-0.2, 0) is 4.79 Å². The number of fused-ring (bicyclic) bond motifs is 1. The first kappa shape index (κ1) is 18.2. The summed E-state index contributed by atoms with van der Waals surface area (Å²) in [5, 5.41) is 12.9. The van der Waals surface area contributed by atoms with Gasteiger partial charge in [0.25, 0.3) is 0 Å². The van der Waals surface area contributed by atoms with Gasteiger partial charge in [-0.15, -0.1) is 11.8 Å². The zero-order valence-corrected chi connectivity index (χ0v) is 16.2. The summed E-state index contributed by atoms with van der Waals surface area (Å²) >= 11 is 1.48. The van der Waals surface area contributed by atoms with Crippen LogP contribution in [0.2, 0.25) is 0 Å². The fraction of sp³-hybridized carbons (Fsp3) is 0.200. The molecule has 28 heavy (non-hydrogen) atoms. The molecular weight excluding hydrogens is 378 g/mol. The number of amides is 1. The number of rotatable bonds is 4. The Morgan fingerprint density at radius 3 is 2.64 bits per heavy atom. The molecule has 0 fully saturated rings. The standard InChI is InChI=1S/C20H19N3O4S/c1-26-14-6-4-13(5-7-14)23-11-21-20-18(23)19(28-10-17(25)22-20)12-3-8-16(27-2)15(24)9-12/h3-9,11,19,24H,10H2,1-2H3,(H,22,25)/t19-/m0/s1. The van der Waals surface area contributed by atoms with Crippen molar-refractivity contribution in [1.82, 2.24) is 9.55 Å². The zero-order chi connectivity index (χ0) is 19.7. The van der Waals surface area contributed by atoms with Gasteiger partial charge >= 0.3 is 0 Å². The molecule has 2 aromatic carbocycles. The minimum absolute atomic E-state index is 0.0567. The number of nitrogens with one attached hydrogen (secondary N) is 1. The van der Waals surface area contributed by atoms with E-state index in [1.807, 2.05) is 34.9 Å². The second-order valence-corrected chi connectivity index (χ2v) is 7.31. The minimum Gasteiger partial charge on any atom is -0.504 e. The number of phenolic OH excluding ortho intramolecular Hbond substituents is 1. The van der Waals surface area contributed by atoms with Crippen LogP contribution in [0.3, 0.4) is 0 Å². The van der Waals surface area contributed by atoms with Gasteiger partial charge in [0.05, 0.1) is 30.9 Å². The number of aromatic hydroxyl groups is 1. The van der Waals surface area contributed by atoms with Crippen LogP contribution in [0, 0.1) is 0 Å². The molecule has 1 atom stereocenters. The van der Waals surface area contributed by atoms with Crippen LogP contribution in [0.1, 0.15) is 16.5 Å². The van der Waals surface area contributed by atoms with Crippen molar-refractivity contribution in [3.8, 4) is 22.9 Å². The van der Waals surface area contributed by atoms with Crippen molar-refractivity contribution in [3.63, 3.8) is 0 Å². The van der Waals surface area contributed by atoms with E-state index in [1.165, 1.54) is 18.9 Å². The SMILES string of the molecule is COc1ccc(-n2cnc3c2[C@H](c2ccc(OC)c(O)c2)SCC(=O)N3)cc1. The van der Waals surface area contributed by atoms with Crippen molar-refractivity contribution in [2.75, 3.05) is 25.3 Å². The number of methoxy groups -OCH3 is 2. The smallest absolute Gasteiger partial charge is 0.235 e. The molecule has 0 saturated carbocycles. The summed E-state index contributed by atoms with van der Waals surface area (Å²) in [6, 6.07) is 12.9. The molecule has 0 saturated heterocycles. The summed E-state index contributed by atoms with van der Waals surface area (Å²) in [7, 11) is 3.13. The number of imidazole rings is 1. The number of ether oxygens (including phenoxy) is 2. The average Bonchev–Trinajstić information content (AvgIpc) is 3.03. The molecule has 0 aliphatic carbocycles. The second-order valence-electron chi connectivity index (χ2n) is 6.22. The lowest BCUT2D eigenvalue weighted by Crippen LogP contribution is -2.12. The number of nitrogens with zero attached hydrogens (tertiary/aromatic N) is 2. The van der Waals surface area contributed by atoms with E-state index in [9.17, 15) is 9.90 Å². The third-order valence-electron chi connectivity index (χ3n) is 4.55. The Hall–Kier alpha value is -3.13. The molecule has 0 unspecified atom stereocenters. The monoisotopic (exact) mass is 397 g/mol. The summed E-state index contributed by atoms with van der Waals surface area (Å²) in [6.07, 6.45) is 1.69. The maximum atomic E-state index is 12.2. The number of carbonyl (C=O) groups is 1. The van der Waals surface area contributed by atoms with Gasteiger partial charge in [-0.05, 0) is 42.0 Å². The lowest BCUT2D eigenvalue weighted by Gasteiger charge is -2.19. The largest absolute Gasteiger partial charge is 0.504 e. The molecule has 0 bridgehead atoms. The highest BCUT2D eigenvalue weighted by Gasteiger charge is 2.29. The molecule has 1 amide bonds. The van der Waals surface area contributed by atoms with Gasteiger partial charge in [-0.3, -0.25) is 9.36 Å². The van der Waals surface area contributed by atoms with E-state index in [0.29, 0.717) is 11.6 Å². The van der Waals surface area contributed by atoms with Gasteiger partial charge in [-0.1, -0.05) is 6.07 Å². The molecular formula is C20H19N3O4S. The highest BCUT2D eigenvalue weighted by atomic mass is 32.2. The zero-order valence-electron chi connectivity index (χ0n) is 15.4. The first-order chi connectivity index (χ1) is 13.6. The van der Waals surface area contributed by atoms with Gasteiger partial charge in [0.2, 0.25) is 5.91 Å². The summed E-state index contributed by atoms with van der Waals surface area (Å²) < 4.78 is 12.3. The van der Waals surface area contributed by atoms with Crippen molar-refractivity contribution in [3.05, 3.63) is 60.0 Å². The van der Waals surface area contributed by atoms with Crippen molar-refractivity contribution < 1.29 is 19.4 Å². The molecule has 7 nitrogen and oxygen atoms in total. The molecule has 1 aromatic heterocycles. The van der Waals surface area contributed by atoms with E-state index in [1.54, 1.807) is 25.6 Å². The van der Waals surface area contributed by atoms with Crippen LogP contribution < -0.4 is 14.8 Å². The van der Waals surface area contributed by atoms with E-state index >= 15 is 0 Å². The van der Waals surface area contributed by atoms with Crippen LogP contribution >= 0.6 is 11.8 Å². The minimum atomic E-state index is -0.199. The third-order valence-corrected chi connectivity index (χ3v) is 5.81. The highest BCUT2D eigenvalue weighted by Crippen LogP contribution is 2.44. The van der Waals surface area contributed by atoms with Crippen LogP contribution in [0.15, 0.2) is 48.8 Å². The molecule has 8 heteroatoms. The van der Waals surface area contributed by atoms with E-state index < -0.39 is 0 Å². The fourth-order valence-corrected chi connectivity index (χ4v) is 4.30.